The number of para-hydroxylation sites is 1. The Morgan fingerprint density at radius 2 is 0.738 bits per heavy atom. The van der Waals surface area contributed by atoms with Gasteiger partial charge in [0.15, 0.2) is 0 Å². The molecule has 0 heterocycles. The van der Waals surface area contributed by atoms with Gasteiger partial charge in [0, 0.05) is 22.5 Å². The van der Waals surface area contributed by atoms with Crippen molar-refractivity contribution in [3.63, 3.8) is 0 Å². The van der Waals surface area contributed by atoms with Crippen molar-refractivity contribution in [2.24, 2.45) is 5.41 Å². The fourth-order valence-electron chi connectivity index (χ4n) is 10.6. The number of fused-ring (bicyclic) bond motifs is 4. The summed E-state index contributed by atoms with van der Waals surface area (Å²) in [7, 11) is 0. The maximum Gasteiger partial charge on any atom is 0.0465 e. The maximum absolute atomic E-state index is 2.53. The Bertz CT molecular complexity index is 2930. The minimum atomic E-state index is -0.0854. The zero-order valence-electron chi connectivity index (χ0n) is 36.8. The Labute approximate surface area is 363 Å². The van der Waals surface area contributed by atoms with E-state index in [2.05, 4.69) is 248 Å². The van der Waals surface area contributed by atoms with Crippen molar-refractivity contribution in [2.75, 3.05) is 4.90 Å². The Kier molecular flexibility index (Phi) is 8.93. The minimum absolute atomic E-state index is 0.0180. The second kappa shape index (κ2) is 14.1. The quantitative estimate of drug-likeness (QED) is 0.155. The molecule has 61 heavy (non-hydrogen) atoms. The fraction of sp³-hybridized carbons (Fsp3) is 0.200. The summed E-state index contributed by atoms with van der Waals surface area (Å²) in [5, 5.41) is 0. The van der Waals surface area contributed by atoms with Gasteiger partial charge in [0.2, 0.25) is 0 Å². The Morgan fingerprint density at radius 3 is 1.39 bits per heavy atom. The van der Waals surface area contributed by atoms with Crippen molar-refractivity contribution in [3.8, 4) is 55.6 Å². The third kappa shape index (κ3) is 6.04. The lowest BCUT2D eigenvalue weighted by atomic mass is 9.59. The van der Waals surface area contributed by atoms with Gasteiger partial charge < -0.3 is 4.90 Å². The largest absolute Gasteiger partial charge is 0.310 e. The van der Waals surface area contributed by atoms with Gasteiger partial charge in [-0.1, -0.05) is 189 Å². The van der Waals surface area contributed by atoms with Crippen molar-refractivity contribution in [1.82, 2.24) is 0 Å². The maximum atomic E-state index is 2.53. The van der Waals surface area contributed by atoms with E-state index in [1.807, 2.05) is 0 Å². The number of hydrogen-bond donors (Lipinski definition) is 0. The molecule has 300 valence electrons. The highest BCUT2D eigenvalue weighted by molar-refractivity contribution is 5.90. The van der Waals surface area contributed by atoms with Gasteiger partial charge in [-0.25, -0.2) is 0 Å². The zero-order chi connectivity index (χ0) is 42.3. The summed E-state index contributed by atoms with van der Waals surface area (Å²) in [6.45, 7) is 19.4. The Morgan fingerprint density at radius 1 is 0.279 bits per heavy atom. The predicted octanol–water partition coefficient (Wildman–Crippen LogP) is 16.7. The summed E-state index contributed by atoms with van der Waals surface area (Å²) in [5.41, 5.74) is 21.6. The van der Waals surface area contributed by atoms with E-state index in [9.17, 15) is 0 Å². The smallest absolute Gasteiger partial charge is 0.0465 e. The summed E-state index contributed by atoms with van der Waals surface area (Å²) in [6, 6.07) is 69.9. The third-order valence-corrected chi connectivity index (χ3v) is 15.4. The number of rotatable bonds is 7. The molecule has 8 aromatic rings. The molecule has 0 aliphatic heterocycles. The molecule has 1 heteroatoms. The molecule has 0 amide bonds. The van der Waals surface area contributed by atoms with Crippen LogP contribution in [0.1, 0.15) is 77.6 Å². The lowest BCUT2D eigenvalue weighted by Crippen LogP contribution is -2.42. The molecule has 0 radical (unpaired) electrons. The van der Waals surface area contributed by atoms with Crippen LogP contribution in [0, 0.1) is 5.41 Å². The van der Waals surface area contributed by atoms with Crippen molar-refractivity contribution >= 4 is 17.1 Å². The first-order valence-electron chi connectivity index (χ1n) is 21.9. The molecule has 0 fully saturated rings. The zero-order valence-corrected chi connectivity index (χ0v) is 36.8. The molecule has 0 unspecified atom stereocenters. The van der Waals surface area contributed by atoms with Gasteiger partial charge >= 0.3 is 0 Å². The van der Waals surface area contributed by atoms with Crippen molar-refractivity contribution < 1.29 is 0 Å². The molecule has 8 aromatic carbocycles. The highest BCUT2D eigenvalue weighted by Gasteiger charge is 2.57. The van der Waals surface area contributed by atoms with Crippen molar-refractivity contribution in [1.29, 1.82) is 0 Å². The lowest BCUT2D eigenvalue weighted by Gasteiger charge is -2.44. The molecule has 0 bridgehead atoms. The Hall–Kier alpha value is -6.44. The van der Waals surface area contributed by atoms with Gasteiger partial charge in [-0.2, -0.15) is 0 Å². The Balaban J connectivity index is 1.09. The molecular formula is C60H55N. The van der Waals surface area contributed by atoms with Gasteiger partial charge in [0.05, 0.1) is 0 Å². The van der Waals surface area contributed by atoms with Gasteiger partial charge in [-0.05, 0) is 149 Å². The number of benzene rings is 8. The topological polar surface area (TPSA) is 3.24 Å². The van der Waals surface area contributed by atoms with E-state index in [4.69, 9.17) is 0 Å². The number of nitrogens with zero attached hydrogens (tertiary/aromatic N) is 1. The average Bonchev–Trinajstić information content (AvgIpc) is 3.57. The van der Waals surface area contributed by atoms with Crippen LogP contribution in [0.3, 0.4) is 0 Å². The summed E-state index contributed by atoms with van der Waals surface area (Å²) < 4.78 is 0. The molecule has 0 saturated carbocycles. The van der Waals surface area contributed by atoms with Crippen LogP contribution in [0.15, 0.2) is 188 Å². The highest BCUT2D eigenvalue weighted by atomic mass is 15.1. The van der Waals surface area contributed by atoms with Crippen LogP contribution in [-0.2, 0) is 16.2 Å². The van der Waals surface area contributed by atoms with Gasteiger partial charge in [0.25, 0.3) is 0 Å². The molecular weight excluding hydrogens is 735 g/mol. The standard InChI is InChI=1S/C60H55N/c1-57(2)53-25-16-15-24-49(53)50-35-34-48(37-54(50)57)61(46-22-13-10-14-23-46)47-32-30-43(31-33-47)51-38-55-56(59(5,6)60(7,8)58(55,3)4)39-52(51)45-21-17-20-44(36-45)42-28-26-41(27-29-42)40-18-11-9-12-19-40/h9-39H,1-8H3. The first kappa shape index (κ1) is 38.7. The molecule has 2 aliphatic carbocycles. The van der Waals surface area contributed by atoms with Crippen LogP contribution in [-0.4, -0.2) is 0 Å². The van der Waals surface area contributed by atoms with Crippen molar-refractivity contribution in [3.05, 3.63) is 210 Å². The van der Waals surface area contributed by atoms with Crippen LogP contribution < -0.4 is 4.90 Å². The summed E-state index contributed by atoms with van der Waals surface area (Å²) in [6.07, 6.45) is 0. The second-order valence-corrected chi connectivity index (χ2v) is 19.5. The molecule has 0 spiro atoms. The third-order valence-electron chi connectivity index (χ3n) is 15.4. The van der Waals surface area contributed by atoms with E-state index < -0.39 is 0 Å². The summed E-state index contributed by atoms with van der Waals surface area (Å²) in [4.78, 5) is 2.41. The van der Waals surface area contributed by atoms with Crippen LogP contribution in [0.5, 0.6) is 0 Å². The minimum Gasteiger partial charge on any atom is -0.310 e. The number of hydrogen-bond acceptors (Lipinski definition) is 1. The van der Waals surface area contributed by atoms with E-state index in [1.165, 1.54) is 77.9 Å². The predicted molar refractivity (Wildman–Crippen MR) is 260 cm³/mol. The van der Waals surface area contributed by atoms with Crippen LogP contribution in [0.4, 0.5) is 17.1 Å². The number of anilines is 3. The molecule has 0 aromatic heterocycles. The second-order valence-electron chi connectivity index (χ2n) is 19.5. The average molecular weight is 790 g/mol. The molecule has 0 atom stereocenters. The molecule has 0 saturated heterocycles. The van der Waals surface area contributed by atoms with Gasteiger partial charge in [0.1, 0.15) is 0 Å². The molecule has 0 N–H and O–H groups in total. The van der Waals surface area contributed by atoms with Crippen molar-refractivity contribution in [2.45, 2.75) is 71.6 Å². The molecule has 1 nitrogen and oxygen atoms in total. The highest BCUT2D eigenvalue weighted by Crippen LogP contribution is 2.63. The first-order valence-corrected chi connectivity index (χ1v) is 21.9. The van der Waals surface area contributed by atoms with E-state index in [0.717, 1.165) is 17.1 Å². The first-order chi connectivity index (χ1) is 29.3. The van der Waals surface area contributed by atoms with Crippen LogP contribution >= 0.6 is 0 Å². The van der Waals surface area contributed by atoms with E-state index >= 15 is 0 Å². The summed E-state index contributed by atoms with van der Waals surface area (Å²) >= 11 is 0. The van der Waals surface area contributed by atoms with E-state index in [1.54, 1.807) is 0 Å². The molecule has 10 rings (SSSR count). The van der Waals surface area contributed by atoms with Crippen LogP contribution in [0.2, 0.25) is 0 Å². The van der Waals surface area contributed by atoms with E-state index in [0.29, 0.717) is 0 Å². The fourth-order valence-corrected chi connectivity index (χ4v) is 10.6. The van der Waals surface area contributed by atoms with Gasteiger partial charge in [-0.15, -0.1) is 0 Å². The molecule has 2 aliphatic rings. The van der Waals surface area contributed by atoms with Crippen LogP contribution in [0.25, 0.3) is 55.6 Å². The van der Waals surface area contributed by atoms with Gasteiger partial charge in [-0.3, -0.25) is 0 Å². The van der Waals surface area contributed by atoms with E-state index in [-0.39, 0.29) is 21.7 Å². The normalized spacial score (nSPS) is 16.1. The summed E-state index contributed by atoms with van der Waals surface area (Å²) in [5.74, 6) is 0. The monoisotopic (exact) mass is 789 g/mol. The lowest BCUT2D eigenvalue weighted by molar-refractivity contribution is 0.125. The SMILES string of the molecule is CC1(C)c2ccccc2-c2ccc(N(c3ccccc3)c3ccc(-c4cc5c(cc4-c4cccc(-c6ccc(-c7ccccc7)cc6)c4)C(C)(C)C(C)(C)C5(C)C)cc3)cc21.